The van der Waals surface area contributed by atoms with E-state index in [4.69, 9.17) is 11.5 Å². The van der Waals surface area contributed by atoms with Crippen LogP contribution in [0.4, 0.5) is 0 Å². The summed E-state index contributed by atoms with van der Waals surface area (Å²) >= 11 is 0. The van der Waals surface area contributed by atoms with E-state index in [1.54, 1.807) is 0 Å². The molecule has 180 valence electrons. The van der Waals surface area contributed by atoms with Gasteiger partial charge in [0.05, 0.1) is 0 Å². The molecule has 4 heteroatoms. The van der Waals surface area contributed by atoms with E-state index in [1.165, 1.54) is 70.6 Å². The molecule has 7 unspecified atom stereocenters. The molecule has 0 aromatic rings. The zero-order valence-corrected chi connectivity index (χ0v) is 20.5. The molecular formula is C27H51N3O. The van der Waals surface area contributed by atoms with Gasteiger partial charge in [0.15, 0.2) is 0 Å². The summed E-state index contributed by atoms with van der Waals surface area (Å²) in [4.78, 5) is 12.9. The van der Waals surface area contributed by atoms with Gasteiger partial charge >= 0.3 is 0 Å². The monoisotopic (exact) mass is 433 g/mol. The van der Waals surface area contributed by atoms with Crippen LogP contribution in [0.3, 0.4) is 0 Å². The van der Waals surface area contributed by atoms with Crippen molar-refractivity contribution >= 4 is 5.91 Å². The van der Waals surface area contributed by atoms with Crippen molar-refractivity contribution in [1.29, 1.82) is 0 Å². The van der Waals surface area contributed by atoms with Gasteiger partial charge in [-0.15, -0.1) is 0 Å². The molecule has 0 aromatic heterocycles. The van der Waals surface area contributed by atoms with Gasteiger partial charge in [-0.25, -0.2) is 0 Å². The van der Waals surface area contributed by atoms with E-state index in [9.17, 15) is 4.79 Å². The van der Waals surface area contributed by atoms with Gasteiger partial charge in [0, 0.05) is 24.5 Å². The Bertz CT molecular complexity index is 513. The van der Waals surface area contributed by atoms with Crippen LogP contribution >= 0.6 is 0 Å². The minimum atomic E-state index is 0.301. The Hall–Kier alpha value is -0.610. The molecule has 1 amide bonds. The summed E-state index contributed by atoms with van der Waals surface area (Å²) in [5.74, 6) is 3.48. The lowest BCUT2D eigenvalue weighted by atomic mass is 9.62. The molecule has 3 rings (SSSR count). The van der Waals surface area contributed by atoms with Gasteiger partial charge in [0.2, 0.25) is 5.91 Å². The molecule has 1 aliphatic heterocycles. The molecule has 1 heterocycles. The summed E-state index contributed by atoms with van der Waals surface area (Å²) in [6.45, 7) is 4.69. The lowest BCUT2D eigenvalue weighted by Gasteiger charge is -2.46. The van der Waals surface area contributed by atoms with Crippen molar-refractivity contribution in [3.63, 3.8) is 0 Å². The summed E-state index contributed by atoms with van der Waals surface area (Å²) in [5.41, 5.74) is 12.8. The quantitative estimate of drug-likeness (QED) is 0.547. The highest BCUT2D eigenvalue weighted by atomic mass is 16.1. The first kappa shape index (κ1) is 25.0. The average Bonchev–Trinajstić information content (AvgIpc) is 2.76. The third-order valence-electron chi connectivity index (χ3n) is 9.12. The third-order valence-corrected chi connectivity index (χ3v) is 9.12. The van der Waals surface area contributed by atoms with Crippen LogP contribution in [0.1, 0.15) is 117 Å². The molecule has 2 aliphatic carbocycles. The SMILES string of the molecule is CC1CC(C(C2CCC(N)C(C)C2)C2CCCCCCCCCCC(=O)N2)CCC1N. The van der Waals surface area contributed by atoms with Gasteiger partial charge in [-0.2, -0.15) is 0 Å². The molecular weight excluding hydrogens is 382 g/mol. The second-order valence-electron chi connectivity index (χ2n) is 11.5. The molecule has 0 bridgehead atoms. The summed E-state index contributed by atoms with van der Waals surface area (Å²) in [7, 11) is 0. The van der Waals surface area contributed by atoms with E-state index in [0.717, 1.165) is 25.7 Å². The van der Waals surface area contributed by atoms with Crippen LogP contribution in [0.25, 0.3) is 0 Å². The Balaban J connectivity index is 1.78. The largest absolute Gasteiger partial charge is 0.353 e. The maximum Gasteiger partial charge on any atom is 0.220 e. The normalized spacial score (nSPS) is 40.6. The third kappa shape index (κ3) is 7.45. The lowest BCUT2D eigenvalue weighted by molar-refractivity contribution is -0.123. The van der Waals surface area contributed by atoms with Crippen molar-refractivity contribution < 1.29 is 4.79 Å². The lowest BCUT2D eigenvalue weighted by Crippen LogP contribution is -2.50. The fourth-order valence-electron chi connectivity index (χ4n) is 7.01. The predicted octanol–water partition coefficient (Wildman–Crippen LogP) is 5.53. The van der Waals surface area contributed by atoms with Gasteiger partial charge in [-0.05, 0) is 81.0 Å². The molecule has 0 spiro atoms. The van der Waals surface area contributed by atoms with Crippen LogP contribution in [0.5, 0.6) is 0 Å². The highest BCUT2D eigenvalue weighted by molar-refractivity contribution is 5.76. The maximum atomic E-state index is 12.9. The van der Waals surface area contributed by atoms with Crippen molar-refractivity contribution in [1.82, 2.24) is 5.32 Å². The highest BCUT2D eigenvalue weighted by Crippen LogP contribution is 2.44. The van der Waals surface area contributed by atoms with Gasteiger partial charge in [0.25, 0.3) is 0 Å². The van der Waals surface area contributed by atoms with Crippen LogP contribution < -0.4 is 16.8 Å². The number of carbonyl (C=O) groups is 1. The molecule has 3 fully saturated rings. The Kier molecular flexibility index (Phi) is 10.2. The molecule has 7 atom stereocenters. The van der Waals surface area contributed by atoms with Crippen molar-refractivity contribution in [2.75, 3.05) is 0 Å². The zero-order valence-electron chi connectivity index (χ0n) is 20.5. The Morgan fingerprint density at radius 1 is 0.710 bits per heavy atom. The molecule has 4 nitrogen and oxygen atoms in total. The molecule has 0 aromatic carbocycles. The standard InChI is InChI=1S/C27H51N3O/c1-19-17-21(13-15-23(19)28)27(22-14-16-24(29)20(2)18-22)25-11-9-7-5-3-4-6-8-10-12-26(31)30-25/h19-25,27H,3-18,28-29H2,1-2H3,(H,30,31). The van der Waals surface area contributed by atoms with Crippen LogP contribution in [0, 0.1) is 29.6 Å². The summed E-state index contributed by atoms with van der Waals surface area (Å²) in [5, 5.41) is 3.60. The van der Waals surface area contributed by atoms with Crippen LogP contribution in [-0.4, -0.2) is 24.0 Å². The minimum absolute atomic E-state index is 0.301. The summed E-state index contributed by atoms with van der Waals surface area (Å²) in [6.07, 6.45) is 19.3. The predicted molar refractivity (Wildman–Crippen MR) is 131 cm³/mol. The van der Waals surface area contributed by atoms with Crippen molar-refractivity contribution in [2.24, 2.45) is 41.1 Å². The Morgan fingerprint density at radius 2 is 1.19 bits per heavy atom. The maximum absolute atomic E-state index is 12.9. The first-order valence-corrected chi connectivity index (χ1v) is 13.8. The second kappa shape index (κ2) is 12.6. The van der Waals surface area contributed by atoms with E-state index in [-0.39, 0.29) is 0 Å². The van der Waals surface area contributed by atoms with E-state index < -0.39 is 0 Å². The topological polar surface area (TPSA) is 81.1 Å². The summed E-state index contributed by atoms with van der Waals surface area (Å²) < 4.78 is 0. The van der Waals surface area contributed by atoms with Gasteiger partial charge in [-0.1, -0.05) is 58.8 Å². The zero-order chi connectivity index (χ0) is 22.2. The number of hydrogen-bond acceptors (Lipinski definition) is 3. The van der Waals surface area contributed by atoms with E-state index >= 15 is 0 Å². The van der Waals surface area contributed by atoms with Crippen molar-refractivity contribution in [2.45, 2.75) is 135 Å². The van der Waals surface area contributed by atoms with Crippen LogP contribution in [-0.2, 0) is 4.79 Å². The molecule has 31 heavy (non-hydrogen) atoms. The Morgan fingerprint density at radius 3 is 1.71 bits per heavy atom. The molecule has 0 radical (unpaired) electrons. The summed E-state index contributed by atoms with van der Waals surface area (Å²) in [6, 6.07) is 1.04. The van der Waals surface area contributed by atoms with Crippen molar-refractivity contribution in [3.8, 4) is 0 Å². The molecule has 2 saturated carbocycles. The number of nitrogens with two attached hydrogens (primary N) is 2. The minimum Gasteiger partial charge on any atom is -0.353 e. The van der Waals surface area contributed by atoms with Gasteiger partial charge in [0.1, 0.15) is 0 Å². The number of carbonyl (C=O) groups excluding carboxylic acids is 1. The highest BCUT2D eigenvalue weighted by Gasteiger charge is 2.41. The molecule has 1 saturated heterocycles. The van der Waals surface area contributed by atoms with Gasteiger partial charge in [-0.3, -0.25) is 4.79 Å². The van der Waals surface area contributed by atoms with Crippen LogP contribution in [0.15, 0.2) is 0 Å². The number of amides is 1. The van der Waals surface area contributed by atoms with Crippen molar-refractivity contribution in [3.05, 3.63) is 0 Å². The van der Waals surface area contributed by atoms with E-state index in [2.05, 4.69) is 19.2 Å². The number of nitrogens with one attached hydrogen (secondary N) is 1. The second-order valence-corrected chi connectivity index (χ2v) is 11.5. The first-order valence-electron chi connectivity index (χ1n) is 13.8. The van der Waals surface area contributed by atoms with Gasteiger partial charge < -0.3 is 16.8 Å². The van der Waals surface area contributed by atoms with E-state index in [1.807, 2.05) is 0 Å². The molecule has 3 aliphatic rings. The smallest absolute Gasteiger partial charge is 0.220 e. The molecule has 5 N–H and O–H groups in total. The fraction of sp³-hybridized carbons (Fsp3) is 0.963. The fourth-order valence-corrected chi connectivity index (χ4v) is 7.01. The average molecular weight is 434 g/mol. The van der Waals surface area contributed by atoms with E-state index in [0.29, 0.717) is 60.0 Å². The number of hydrogen-bond donors (Lipinski definition) is 3. The van der Waals surface area contributed by atoms with Crippen LogP contribution in [0.2, 0.25) is 0 Å². The number of rotatable bonds is 3. The Labute approximate surface area is 192 Å². The first-order chi connectivity index (χ1) is 15.0.